The Hall–Kier alpha value is -0.450. The largest absolute Gasteiger partial charge is 0.388 e. The number of hydrogen-bond acceptors (Lipinski definition) is 2. The van der Waals surface area contributed by atoms with Crippen molar-refractivity contribution in [1.29, 1.82) is 0 Å². The first-order valence-electron chi connectivity index (χ1n) is 4.93. The molecule has 3 N–H and O–H groups in total. The summed E-state index contributed by atoms with van der Waals surface area (Å²) in [5.74, 6) is -0.512. The third-order valence-electron chi connectivity index (χ3n) is 2.57. The Morgan fingerprint density at radius 3 is 2.67 bits per heavy atom. The van der Waals surface area contributed by atoms with Gasteiger partial charge in [-0.05, 0) is 25.1 Å². The predicted molar refractivity (Wildman–Crippen MR) is 61.9 cm³/mol. The maximum absolute atomic E-state index is 13.5. The summed E-state index contributed by atoms with van der Waals surface area (Å²) in [4.78, 5) is 0. The molecule has 0 saturated carbocycles. The zero-order valence-corrected chi connectivity index (χ0v) is 10.2. The number of halogens is 2. The van der Waals surface area contributed by atoms with Crippen LogP contribution in [0.5, 0.6) is 0 Å². The van der Waals surface area contributed by atoms with E-state index in [0.29, 0.717) is 16.6 Å². The van der Waals surface area contributed by atoms with E-state index in [2.05, 4.69) is 15.9 Å². The van der Waals surface area contributed by atoms with Gasteiger partial charge in [0.05, 0.1) is 6.10 Å². The van der Waals surface area contributed by atoms with E-state index in [1.165, 1.54) is 6.07 Å². The third-order valence-corrected chi connectivity index (χ3v) is 3.26. The maximum Gasteiger partial charge on any atom is 0.130 e. The van der Waals surface area contributed by atoms with Crippen LogP contribution in [0, 0.1) is 11.7 Å². The molecule has 0 radical (unpaired) electrons. The standard InChI is InChI=1S/C11H15BrFNO/c1-2-7(6-14)11(15)10-8(12)4-3-5-9(10)13/h3-5,7,11,15H,2,6,14H2,1H3. The SMILES string of the molecule is CCC(CN)C(O)c1c(F)cccc1Br. The zero-order valence-electron chi connectivity index (χ0n) is 8.58. The summed E-state index contributed by atoms with van der Waals surface area (Å²) in [5.41, 5.74) is 5.82. The van der Waals surface area contributed by atoms with Gasteiger partial charge in [-0.3, -0.25) is 0 Å². The predicted octanol–water partition coefficient (Wildman–Crippen LogP) is 2.61. The zero-order chi connectivity index (χ0) is 11.4. The molecule has 2 nitrogen and oxygen atoms in total. The van der Waals surface area contributed by atoms with Crippen LogP contribution in [0.3, 0.4) is 0 Å². The molecule has 4 heteroatoms. The van der Waals surface area contributed by atoms with Crippen molar-refractivity contribution in [2.45, 2.75) is 19.4 Å². The molecule has 0 aliphatic heterocycles. The average Bonchev–Trinajstić information content (AvgIpc) is 2.19. The summed E-state index contributed by atoms with van der Waals surface area (Å²) in [5, 5.41) is 9.99. The van der Waals surface area contributed by atoms with Gasteiger partial charge in [-0.25, -0.2) is 4.39 Å². The van der Waals surface area contributed by atoms with Crippen LogP contribution in [-0.2, 0) is 0 Å². The first-order valence-corrected chi connectivity index (χ1v) is 5.73. The highest BCUT2D eigenvalue weighted by Gasteiger charge is 2.23. The molecule has 1 aromatic carbocycles. The molecule has 0 heterocycles. The van der Waals surface area contributed by atoms with Crippen LogP contribution in [0.25, 0.3) is 0 Å². The first kappa shape index (κ1) is 12.6. The van der Waals surface area contributed by atoms with Gasteiger partial charge in [0.2, 0.25) is 0 Å². The number of aliphatic hydroxyl groups excluding tert-OH is 1. The number of hydrogen-bond donors (Lipinski definition) is 2. The minimum Gasteiger partial charge on any atom is -0.388 e. The van der Waals surface area contributed by atoms with Crippen molar-refractivity contribution < 1.29 is 9.50 Å². The van der Waals surface area contributed by atoms with Crippen molar-refractivity contribution >= 4 is 15.9 Å². The monoisotopic (exact) mass is 275 g/mol. The molecular formula is C11H15BrFNO. The van der Waals surface area contributed by atoms with Gasteiger partial charge in [-0.2, -0.15) is 0 Å². The van der Waals surface area contributed by atoms with Crippen molar-refractivity contribution in [2.24, 2.45) is 11.7 Å². The van der Waals surface area contributed by atoms with E-state index in [9.17, 15) is 9.50 Å². The molecule has 0 aliphatic rings. The van der Waals surface area contributed by atoms with Crippen molar-refractivity contribution in [2.75, 3.05) is 6.54 Å². The molecule has 0 aromatic heterocycles. The van der Waals surface area contributed by atoms with Crippen molar-refractivity contribution in [3.8, 4) is 0 Å². The van der Waals surface area contributed by atoms with Crippen LogP contribution in [0.2, 0.25) is 0 Å². The van der Waals surface area contributed by atoms with Gasteiger partial charge in [0.25, 0.3) is 0 Å². The van der Waals surface area contributed by atoms with Gasteiger partial charge in [-0.15, -0.1) is 0 Å². The van der Waals surface area contributed by atoms with Crippen LogP contribution in [0.1, 0.15) is 25.0 Å². The number of nitrogens with two attached hydrogens (primary N) is 1. The summed E-state index contributed by atoms with van der Waals surface area (Å²) < 4.78 is 14.1. The van der Waals surface area contributed by atoms with E-state index in [0.717, 1.165) is 6.42 Å². The summed E-state index contributed by atoms with van der Waals surface area (Å²) >= 11 is 3.23. The van der Waals surface area contributed by atoms with Crippen molar-refractivity contribution in [3.63, 3.8) is 0 Å². The van der Waals surface area contributed by atoms with Gasteiger partial charge >= 0.3 is 0 Å². The Bertz CT molecular complexity index is 308. The Labute approximate surface area is 97.4 Å². The second-order valence-electron chi connectivity index (χ2n) is 3.48. The normalized spacial score (nSPS) is 15.0. The fraction of sp³-hybridized carbons (Fsp3) is 0.455. The molecule has 0 amide bonds. The molecule has 1 rings (SSSR count). The molecule has 0 aliphatic carbocycles. The van der Waals surface area contributed by atoms with Gasteiger partial charge in [-0.1, -0.05) is 28.9 Å². The lowest BCUT2D eigenvalue weighted by Gasteiger charge is -2.21. The first-order chi connectivity index (χ1) is 7.11. The smallest absolute Gasteiger partial charge is 0.130 e. The second kappa shape index (κ2) is 5.58. The molecule has 0 fully saturated rings. The Balaban J connectivity index is 3.04. The van der Waals surface area contributed by atoms with Crippen LogP contribution in [-0.4, -0.2) is 11.7 Å². The quantitative estimate of drug-likeness (QED) is 0.888. The van der Waals surface area contributed by atoms with E-state index >= 15 is 0 Å². The number of benzene rings is 1. The molecule has 2 atom stereocenters. The van der Waals surface area contributed by atoms with E-state index in [1.54, 1.807) is 12.1 Å². The fourth-order valence-corrected chi connectivity index (χ4v) is 2.12. The highest BCUT2D eigenvalue weighted by molar-refractivity contribution is 9.10. The third kappa shape index (κ3) is 2.77. The molecule has 0 bridgehead atoms. The van der Waals surface area contributed by atoms with Crippen molar-refractivity contribution in [1.82, 2.24) is 0 Å². The molecule has 0 spiro atoms. The average molecular weight is 276 g/mol. The molecular weight excluding hydrogens is 261 g/mol. The summed E-state index contributed by atoms with van der Waals surface area (Å²) in [6.45, 7) is 2.27. The van der Waals surface area contributed by atoms with Gasteiger partial charge in [0.1, 0.15) is 5.82 Å². The van der Waals surface area contributed by atoms with Gasteiger partial charge in [0.15, 0.2) is 0 Å². The summed E-state index contributed by atoms with van der Waals surface area (Å²) in [7, 11) is 0. The molecule has 2 unspecified atom stereocenters. The van der Waals surface area contributed by atoms with E-state index in [1.807, 2.05) is 6.92 Å². The Kier molecular flexibility index (Phi) is 4.70. The minimum atomic E-state index is -0.851. The van der Waals surface area contributed by atoms with Gasteiger partial charge in [0, 0.05) is 16.0 Å². The number of rotatable bonds is 4. The second-order valence-corrected chi connectivity index (χ2v) is 4.34. The van der Waals surface area contributed by atoms with Crippen LogP contribution >= 0.6 is 15.9 Å². The van der Waals surface area contributed by atoms with Gasteiger partial charge < -0.3 is 10.8 Å². The van der Waals surface area contributed by atoms with E-state index in [-0.39, 0.29) is 5.92 Å². The molecule has 0 saturated heterocycles. The number of aliphatic hydroxyl groups is 1. The lowest BCUT2D eigenvalue weighted by Crippen LogP contribution is -2.22. The lowest BCUT2D eigenvalue weighted by molar-refractivity contribution is 0.105. The molecule has 15 heavy (non-hydrogen) atoms. The minimum absolute atomic E-state index is 0.113. The van der Waals surface area contributed by atoms with Crippen LogP contribution < -0.4 is 5.73 Å². The van der Waals surface area contributed by atoms with E-state index in [4.69, 9.17) is 5.73 Å². The van der Waals surface area contributed by atoms with E-state index < -0.39 is 11.9 Å². The topological polar surface area (TPSA) is 46.2 Å². The Morgan fingerprint density at radius 1 is 1.53 bits per heavy atom. The van der Waals surface area contributed by atoms with Crippen molar-refractivity contribution in [3.05, 3.63) is 34.1 Å². The summed E-state index contributed by atoms with van der Waals surface area (Å²) in [6, 6.07) is 4.65. The maximum atomic E-state index is 13.5. The fourth-order valence-electron chi connectivity index (χ4n) is 1.55. The lowest BCUT2D eigenvalue weighted by atomic mass is 9.93. The molecule has 1 aromatic rings. The highest BCUT2D eigenvalue weighted by atomic mass is 79.9. The highest BCUT2D eigenvalue weighted by Crippen LogP contribution is 2.31. The summed E-state index contributed by atoms with van der Waals surface area (Å²) in [6.07, 6.45) is -0.131. The van der Waals surface area contributed by atoms with Crippen LogP contribution in [0.4, 0.5) is 4.39 Å². The Morgan fingerprint density at radius 2 is 2.20 bits per heavy atom. The van der Waals surface area contributed by atoms with Crippen LogP contribution in [0.15, 0.2) is 22.7 Å². The molecule has 84 valence electrons.